The smallest absolute Gasteiger partial charge is 0.216 e. The molecule has 2 atom stereocenters. The van der Waals surface area contributed by atoms with Gasteiger partial charge in [-0.15, -0.1) is 0 Å². The predicted octanol–water partition coefficient (Wildman–Crippen LogP) is 4.16. The van der Waals surface area contributed by atoms with E-state index in [1.54, 1.807) is 0 Å². The molecule has 2 unspecified atom stereocenters. The fourth-order valence-corrected chi connectivity index (χ4v) is 4.97. The Labute approximate surface area is 167 Å². The number of aryl methyl sites for hydroxylation is 2. The molecule has 0 spiro atoms. The van der Waals surface area contributed by atoms with Crippen molar-refractivity contribution in [2.24, 2.45) is 5.73 Å². The topological polar surface area (TPSA) is 72.2 Å². The van der Waals surface area contributed by atoms with Crippen LogP contribution in [0.2, 0.25) is 0 Å². The second-order valence-corrected chi connectivity index (χ2v) is 8.83. The fourth-order valence-electron chi connectivity index (χ4n) is 3.38. The van der Waals surface area contributed by atoms with Gasteiger partial charge in [0.15, 0.2) is 0 Å². The van der Waals surface area contributed by atoms with Crippen molar-refractivity contribution in [3.05, 3.63) is 107 Å². The van der Waals surface area contributed by atoms with E-state index in [1.165, 1.54) is 0 Å². The predicted molar refractivity (Wildman–Crippen MR) is 114 cm³/mol. The van der Waals surface area contributed by atoms with Gasteiger partial charge in [0.2, 0.25) is 10.0 Å². The molecule has 0 heterocycles. The lowest BCUT2D eigenvalue weighted by atomic mass is 9.95. The first-order valence-electron chi connectivity index (χ1n) is 9.28. The van der Waals surface area contributed by atoms with Crippen LogP contribution in [0.3, 0.4) is 0 Å². The Hall–Kier alpha value is -2.47. The Kier molecular flexibility index (Phi) is 6.29. The molecule has 4 nitrogen and oxygen atoms in total. The van der Waals surface area contributed by atoms with Crippen LogP contribution in [0.1, 0.15) is 39.9 Å². The minimum atomic E-state index is -3.61. The largest absolute Gasteiger partial charge is 0.322 e. The highest BCUT2D eigenvalue weighted by atomic mass is 32.2. The maximum Gasteiger partial charge on any atom is 0.216 e. The average Bonchev–Trinajstić information content (AvgIpc) is 2.70. The number of sulfonamides is 1. The lowest BCUT2D eigenvalue weighted by Crippen LogP contribution is -2.36. The van der Waals surface area contributed by atoms with E-state index in [2.05, 4.69) is 4.72 Å². The first kappa shape index (κ1) is 20.3. The van der Waals surface area contributed by atoms with Crippen molar-refractivity contribution in [1.29, 1.82) is 0 Å². The number of nitrogens with two attached hydrogens (primary N) is 1. The fraction of sp³-hybridized carbons (Fsp3) is 0.217. The summed E-state index contributed by atoms with van der Waals surface area (Å²) < 4.78 is 29.0. The molecule has 0 fully saturated rings. The summed E-state index contributed by atoms with van der Waals surface area (Å²) in [6.45, 7) is 3.87. The molecular weight excluding hydrogens is 368 g/mol. The number of rotatable bonds is 7. The lowest BCUT2D eigenvalue weighted by Gasteiger charge is -2.26. The van der Waals surface area contributed by atoms with Gasteiger partial charge < -0.3 is 5.73 Å². The molecular formula is C23H26N2O2S. The van der Waals surface area contributed by atoms with E-state index in [1.807, 2.05) is 92.7 Å². The summed E-state index contributed by atoms with van der Waals surface area (Å²) in [6.07, 6.45) is 0. The van der Waals surface area contributed by atoms with Crippen LogP contribution in [0.5, 0.6) is 0 Å². The van der Waals surface area contributed by atoms with Gasteiger partial charge in [-0.1, -0.05) is 78.9 Å². The summed E-state index contributed by atoms with van der Waals surface area (Å²) >= 11 is 0. The summed E-state index contributed by atoms with van der Waals surface area (Å²) in [5.41, 5.74) is 11.0. The molecule has 146 valence electrons. The van der Waals surface area contributed by atoms with Gasteiger partial charge in [0.25, 0.3) is 0 Å². The molecule has 0 aliphatic carbocycles. The third-order valence-corrected chi connectivity index (χ3v) is 6.27. The number of hydrogen-bond acceptors (Lipinski definition) is 3. The molecule has 0 aromatic heterocycles. The minimum absolute atomic E-state index is 0.0731. The van der Waals surface area contributed by atoms with Crippen LogP contribution in [0.15, 0.2) is 78.9 Å². The first-order valence-corrected chi connectivity index (χ1v) is 10.9. The zero-order valence-electron chi connectivity index (χ0n) is 16.2. The molecule has 0 aliphatic rings. The molecule has 0 saturated carbocycles. The van der Waals surface area contributed by atoms with Crippen molar-refractivity contribution in [3.63, 3.8) is 0 Å². The summed E-state index contributed by atoms with van der Waals surface area (Å²) in [7, 11) is -3.61. The molecule has 0 saturated heterocycles. The van der Waals surface area contributed by atoms with Crippen LogP contribution >= 0.6 is 0 Å². The first-order chi connectivity index (χ1) is 13.4. The summed E-state index contributed by atoms with van der Waals surface area (Å²) in [6, 6.07) is 23.8. The van der Waals surface area contributed by atoms with Gasteiger partial charge >= 0.3 is 0 Å². The SMILES string of the molecule is Cc1cccc(C)c1CS(=O)(=O)NC(c1ccccc1)C(N)c1ccccc1. The van der Waals surface area contributed by atoms with Crippen LogP contribution < -0.4 is 10.5 Å². The van der Waals surface area contributed by atoms with E-state index >= 15 is 0 Å². The molecule has 3 rings (SSSR count). The Balaban J connectivity index is 1.93. The highest BCUT2D eigenvalue weighted by molar-refractivity contribution is 7.88. The molecule has 0 amide bonds. The Morgan fingerprint density at radius 3 is 1.82 bits per heavy atom. The molecule has 3 aromatic rings. The molecule has 3 N–H and O–H groups in total. The Morgan fingerprint density at radius 1 is 0.786 bits per heavy atom. The number of hydrogen-bond donors (Lipinski definition) is 2. The van der Waals surface area contributed by atoms with Crippen molar-refractivity contribution < 1.29 is 8.42 Å². The van der Waals surface area contributed by atoms with Gasteiger partial charge in [-0.2, -0.15) is 0 Å². The minimum Gasteiger partial charge on any atom is -0.322 e. The molecule has 0 radical (unpaired) electrons. The zero-order chi connectivity index (χ0) is 20.1. The van der Waals surface area contributed by atoms with Gasteiger partial charge in [0.1, 0.15) is 0 Å². The number of benzene rings is 3. The van der Waals surface area contributed by atoms with Crippen LogP contribution in [0.4, 0.5) is 0 Å². The second kappa shape index (κ2) is 8.69. The standard InChI is InChI=1S/C23H26N2O2S/c1-17-10-9-11-18(2)21(17)16-28(26,27)25-23(20-14-7-4-8-15-20)22(24)19-12-5-3-6-13-19/h3-15,22-23,25H,16,24H2,1-2H3. The van der Waals surface area contributed by atoms with Crippen LogP contribution in [0, 0.1) is 13.8 Å². The van der Waals surface area contributed by atoms with E-state index < -0.39 is 22.1 Å². The molecule has 5 heteroatoms. The maximum atomic E-state index is 13.1. The Morgan fingerprint density at radius 2 is 1.29 bits per heavy atom. The average molecular weight is 395 g/mol. The van der Waals surface area contributed by atoms with E-state index in [9.17, 15) is 8.42 Å². The molecule has 0 aliphatic heterocycles. The monoisotopic (exact) mass is 394 g/mol. The highest BCUT2D eigenvalue weighted by Crippen LogP contribution is 2.28. The molecule has 3 aromatic carbocycles. The van der Waals surface area contributed by atoms with E-state index in [-0.39, 0.29) is 5.75 Å². The Bertz CT molecular complexity index is 999. The van der Waals surface area contributed by atoms with E-state index in [4.69, 9.17) is 5.73 Å². The lowest BCUT2D eigenvalue weighted by molar-refractivity contribution is 0.503. The third-order valence-electron chi connectivity index (χ3n) is 4.99. The van der Waals surface area contributed by atoms with Crippen molar-refractivity contribution in [1.82, 2.24) is 4.72 Å². The summed E-state index contributed by atoms with van der Waals surface area (Å²) in [5, 5.41) is 0. The van der Waals surface area contributed by atoms with Crippen LogP contribution in [-0.4, -0.2) is 8.42 Å². The second-order valence-electron chi connectivity index (χ2n) is 7.07. The van der Waals surface area contributed by atoms with Crippen molar-refractivity contribution >= 4 is 10.0 Å². The maximum absolute atomic E-state index is 13.1. The van der Waals surface area contributed by atoms with E-state index in [0.29, 0.717) is 0 Å². The van der Waals surface area contributed by atoms with E-state index in [0.717, 1.165) is 27.8 Å². The summed E-state index contributed by atoms with van der Waals surface area (Å²) in [5.74, 6) is -0.0731. The van der Waals surface area contributed by atoms with Gasteiger partial charge in [-0.3, -0.25) is 0 Å². The summed E-state index contributed by atoms with van der Waals surface area (Å²) in [4.78, 5) is 0. The van der Waals surface area contributed by atoms with Gasteiger partial charge in [-0.25, -0.2) is 13.1 Å². The van der Waals surface area contributed by atoms with Crippen LogP contribution in [-0.2, 0) is 15.8 Å². The third kappa shape index (κ3) is 4.87. The quantitative estimate of drug-likeness (QED) is 0.632. The molecule has 0 bridgehead atoms. The normalized spacial score (nSPS) is 13.8. The van der Waals surface area contributed by atoms with Crippen molar-refractivity contribution in [3.8, 4) is 0 Å². The molecule has 28 heavy (non-hydrogen) atoms. The van der Waals surface area contributed by atoms with Crippen molar-refractivity contribution in [2.75, 3.05) is 0 Å². The van der Waals surface area contributed by atoms with Crippen molar-refractivity contribution in [2.45, 2.75) is 31.7 Å². The van der Waals surface area contributed by atoms with Gasteiger partial charge in [0, 0.05) is 0 Å². The van der Waals surface area contributed by atoms with Crippen LogP contribution in [0.25, 0.3) is 0 Å². The zero-order valence-corrected chi connectivity index (χ0v) is 17.0. The van der Waals surface area contributed by atoms with Gasteiger partial charge in [0.05, 0.1) is 17.8 Å². The van der Waals surface area contributed by atoms with Gasteiger partial charge in [-0.05, 0) is 41.7 Å². The highest BCUT2D eigenvalue weighted by Gasteiger charge is 2.27. The number of nitrogens with one attached hydrogen (secondary N) is 1.